The van der Waals surface area contributed by atoms with Gasteiger partial charge in [-0.3, -0.25) is 9.59 Å². The van der Waals surface area contributed by atoms with Crippen LogP contribution in [-0.4, -0.2) is 48.6 Å². The number of ketones is 1. The van der Waals surface area contributed by atoms with Crippen LogP contribution < -0.4 is 10.0 Å². The van der Waals surface area contributed by atoms with Crippen molar-refractivity contribution < 1.29 is 23.1 Å². The summed E-state index contributed by atoms with van der Waals surface area (Å²) in [4.78, 5) is 29.2. The zero-order chi connectivity index (χ0) is 26.0. The molecular formula is C27H42ClN3O5S. The first-order chi connectivity index (χ1) is 17.0. The van der Waals surface area contributed by atoms with Crippen LogP contribution in [0.4, 0.5) is 5.82 Å². The molecule has 37 heavy (non-hydrogen) atoms. The summed E-state index contributed by atoms with van der Waals surface area (Å²) < 4.78 is 28.4. The number of carbonyl (C=O) groups excluding carboxylic acids is 1. The number of anilines is 1. The first-order valence-corrected chi connectivity index (χ1v) is 15.2. The number of Topliss-reactive ketones (excluding diaryl/α,β-unsaturated/α-hetero) is 1. The van der Waals surface area contributed by atoms with Crippen molar-refractivity contribution in [2.24, 2.45) is 16.7 Å². The third-order valence-electron chi connectivity index (χ3n) is 9.07. The lowest BCUT2D eigenvalue weighted by Gasteiger charge is -2.36. The number of fused-ring (bicyclic) bond motifs is 3. The number of aliphatic carboxylic acids is 1. The van der Waals surface area contributed by atoms with Crippen molar-refractivity contribution in [1.29, 1.82) is 0 Å². The van der Waals surface area contributed by atoms with Crippen molar-refractivity contribution in [2.75, 3.05) is 17.6 Å². The van der Waals surface area contributed by atoms with Gasteiger partial charge in [0.2, 0.25) is 10.0 Å². The average Bonchev–Trinajstić information content (AvgIpc) is 3.16. The fourth-order valence-electron chi connectivity index (χ4n) is 6.62. The van der Waals surface area contributed by atoms with Gasteiger partial charge in [0.1, 0.15) is 17.6 Å². The van der Waals surface area contributed by atoms with Crippen LogP contribution in [0.15, 0.2) is 12.1 Å². The number of rotatable bonds is 13. The Morgan fingerprint density at radius 3 is 2.62 bits per heavy atom. The first-order valence-electron chi connectivity index (χ1n) is 13.5. The lowest BCUT2D eigenvalue weighted by molar-refractivity contribution is -0.139. The number of aromatic nitrogens is 1. The van der Waals surface area contributed by atoms with E-state index in [2.05, 4.69) is 22.2 Å². The zero-order valence-electron chi connectivity index (χ0n) is 22.1. The van der Waals surface area contributed by atoms with Gasteiger partial charge in [0.05, 0.1) is 5.75 Å². The molecule has 4 rings (SSSR count). The van der Waals surface area contributed by atoms with E-state index in [1.165, 1.54) is 5.56 Å². The predicted molar refractivity (Wildman–Crippen MR) is 147 cm³/mol. The Balaban J connectivity index is 0.00000380. The molecule has 0 radical (unpaired) electrons. The molecule has 2 heterocycles. The summed E-state index contributed by atoms with van der Waals surface area (Å²) in [5, 5.41) is 13.0. The van der Waals surface area contributed by atoms with Crippen molar-refractivity contribution >= 4 is 40.0 Å². The van der Waals surface area contributed by atoms with Crippen molar-refractivity contribution in [3.63, 3.8) is 0 Å². The number of hydrogen-bond acceptors (Lipinski definition) is 6. The Morgan fingerprint density at radius 1 is 1.22 bits per heavy atom. The number of carbonyl (C=O) groups is 2. The highest BCUT2D eigenvalue weighted by Gasteiger charge is 2.65. The average molecular weight is 556 g/mol. The maximum atomic E-state index is 13.0. The van der Waals surface area contributed by atoms with Crippen LogP contribution in [0, 0.1) is 16.7 Å². The topological polar surface area (TPSA) is 125 Å². The van der Waals surface area contributed by atoms with Gasteiger partial charge in [-0.25, -0.2) is 18.1 Å². The highest BCUT2D eigenvalue weighted by molar-refractivity contribution is 7.89. The molecule has 3 atom stereocenters. The molecule has 2 bridgehead atoms. The van der Waals surface area contributed by atoms with Crippen molar-refractivity contribution in [1.82, 2.24) is 9.71 Å². The fraction of sp³-hybridized carbons (Fsp3) is 0.741. The van der Waals surface area contributed by atoms with Crippen LogP contribution in [-0.2, 0) is 32.5 Å². The number of aryl methyl sites for hydroxylation is 2. The van der Waals surface area contributed by atoms with Crippen LogP contribution in [0.25, 0.3) is 0 Å². The highest BCUT2D eigenvalue weighted by Crippen LogP contribution is 2.64. The smallest absolute Gasteiger partial charge is 0.321 e. The Labute approximate surface area is 227 Å². The standard InChI is InChI=1S/C27H41N3O5S.ClH/c1-26(2)20-14-15-27(26,23(31)17-20)18-36(34,35)30-22(25(32)33)11-7-5-3-4-6-10-21-13-12-19-9-8-16-28-24(19)29-21;/h12-13,20,22,30H,3-11,14-18H2,1-2H3,(H,28,29)(H,32,33);1H. The van der Waals surface area contributed by atoms with Crippen molar-refractivity contribution in [2.45, 2.75) is 96.9 Å². The Morgan fingerprint density at radius 2 is 1.95 bits per heavy atom. The molecular weight excluding hydrogens is 514 g/mol. The molecule has 0 spiro atoms. The molecule has 208 valence electrons. The molecule has 0 saturated heterocycles. The van der Waals surface area contributed by atoms with Gasteiger partial charge in [-0.2, -0.15) is 0 Å². The third kappa shape index (κ3) is 6.48. The third-order valence-corrected chi connectivity index (χ3v) is 10.6. The van der Waals surface area contributed by atoms with Crippen molar-refractivity contribution in [3.05, 3.63) is 23.4 Å². The van der Waals surface area contributed by atoms with Gasteiger partial charge in [0.25, 0.3) is 0 Å². The quantitative estimate of drug-likeness (QED) is 0.306. The molecule has 2 aliphatic carbocycles. The maximum absolute atomic E-state index is 13.0. The van der Waals surface area contributed by atoms with Gasteiger partial charge in [0.15, 0.2) is 0 Å². The van der Waals surface area contributed by atoms with Gasteiger partial charge < -0.3 is 10.4 Å². The molecule has 3 aliphatic rings. The lowest BCUT2D eigenvalue weighted by atomic mass is 9.70. The van der Waals surface area contributed by atoms with Crippen LogP contribution in [0.1, 0.15) is 89.3 Å². The Hall–Kier alpha value is -1.71. The number of nitrogens with zero attached hydrogens (tertiary/aromatic N) is 1. The number of hydrogen-bond donors (Lipinski definition) is 3. The van der Waals surface area contributed by atoms with E-state index < -0.39 is 27.4 Å². The number of sulfonamides is 1. The minimum absolute atomic E-state index is 0. The number of halogens is 1. The summed E-state index contributed by atoms with van der Waals surface area (Å²) in [6.45, 7) is 4.95. The Bertz CT molecular complexity index is 1090. The van der Waals surface area contributed by atoms with E-state index in [0.29, 0.717) is 19.3 Å². The number of nitrogens with one attached hydrogen (secondary N) is 2. The van der Waals surface area contributed by atoms with Gasteiger partial charge in [0, 0.05) is 24.1 Å². The molecule has 8 nitrogen and oxygen atoms in total. The van der Waals surface area contributed by atoms with Crippen molar-refractivity contribution in [3.8, 4) is 0 Å². The predicted octanol–water partition coefficient (Wildman–Crippen LogP) is 4.51. The molecule has 0 aromatic carbocycles. The van der Waals surface area contributed by atoms with E-state index >= 15 is 0 Å². The summed E-state index contributed by atoms with van der Waals surface area (Å²) in [7, 11) is -3.91. The molecule has 3 unspecified atom stereocenters. The van der Waals surface area contributed by atoms with Gasteiger partial charge in [-0.05, 0) is 67.9 Å². The molecule has 1 aromatic heterocycles. The fourth-order valence-corrected chi connectivity index (χ4v) is 8.68. The molecule has 1 aromatic rings. The molecule has 0 amide bonds. The molecule has 2 saturated carbocycles. The number of carboxylic acid groups (broad SMARTS) is 1. The molecule has 10 heteroatoms. The monoisotopic (exact) mass is 555 g/mol. The molecule has 3 N–H and O–H groups in total. The normalized spacial score (nSPS) is 24.7. The summed E-state index contributed by atoms with van der Waals surface area (Å²) in [6, 6.07) is 3.13. The van der Waals surface area contributed by atoms with Gasteiger partial charge in [-0.1, -0.05) is 45.6 Å². The van der Waals surface area contributed by atoms with E-state index in [1.54, 1.807) is 0 Å². The minimum atomic E-state index is -3.91. The second-order valence-electron chi connectivity index (χ2n) is 11.6. The minimum Gasteiger partial charge on any atom is -0.480 e. The number of pyridine rings is 1. The van der Waals surface area contributed by atoms with Crippen LogP contribution in [0.3, 0.4) is 0 Å². The largest absolute Gasteiger partial charge is 0.480 e. The highest BCUT2D eigenvalue weighted by atomic mass is 35.5. The van der Waals surface area contributed by atoms with E-state index in [4.69, 9.17) is 4.98 Å². The van der Waals surface area contributed by atoms with E-state index in [-0.39, 0.29) is 41.7 Å². The van der Waals surface area contributed by atoms with E-state index in [9.17, 15) is 23.1 Å². The Kier molecular flexibility index (Phi) is 9.67. The second-order valence-corrected chi connectivity index (χ2v) is 13.3. The lowest BCUT2D eigenvalue weighted by Crippen LogP contribution is -2.49. The van der Waals surface area contributed by atoms with E-state index in [0.717, 1.165) is 69.4 Å². The second kappa shape index (κ2) is 12.0. The number of unbranched alkanes of at least 4 members (excludes halogenated alkanes) is 4. The molecule has 2 fully saturated rings. The SMILES string of the molecule is CC1(C)C2CCC1(CS(=O)(=O)NC(CCCCCCCc1ccc3c(n1)NCCC3)C(=O)O)C(=O)C2.Cl. The summed E-state index contributed by atoms with van der Waals surface area (Å²) >= 11 is 0. The van der Waals surface area contributed by atoms with Gasteiger partial charge >= 0.3 is 5.97 Å². The molecule has 1 aliphatic heterocycles. The number of carboxylic acids is 1. The summed E-state index contributed by atoms with van der Waals surface area (Å²) in [5.74, 6) is -0.213. The van der Waals surface area contributed by atoms with Crippen LogP contribution >= 0.6 is 12.4 Å². The van der Waals surface area contributed by atoms with Crippen LogP contribution in [0.5, 0.6) is 0 Å². The van der Waals surface area contributed by atoms with E-state index in [1.807, 2.05) is 13.8 Å². The summed E-state index contributed by atoms with van der Waals surface area (Å²) in [5.41, 5.74) is 1.12. The zero-order valence-corrected chi connectivity index (χ0v) is 23.7. The van der Waals surface area contributed by atoms with Gasteiger partial charge in [-0.15, -0.1) is 12.4 Å². The van der Waals surface area contributed by atoms with Crippen LogP contribution in [0.2, 0.25) is 0 Å². The first kappa shape index (κ1) is 29.8. The summed E-state index contributed by atoms with van der Waals surface area (Å²) in [6.07, 6.45) is 9.77. The maximum Gasteiger partial charge on any atom is 0.321 e.